The second kappa shape index (κ2) is 6.87. The van der Waals surface area contributed by atoms with Crippen LogP contribution in [0.25, 0.3) is 27.8 Å². The Hall–Kier alpha value is -3.81. The minimum absolute atomic E-state index is 0.434. The van der Waals surface area contributed by atoms with Crippen LogP contribution in [0.2, 0.25) is 0 Å². The summed E-state index contributed by atoms with van der Waals surface area (Å²) in [4.78, 5) is 13.1. The zero-order valence-corrected chi connectivity index (χ0v) is 16.9. The van der Waals surface area contributed by atoms with Gasteiger partial charge in [0.15, 0.2) is 5.65 Å². The number of hydrogen-bond donors (Lipinski definition) is 0. The standard InChI is InChI=1S/C23H19FN6O/c1-31-19-5-8-27-30-9-6-17(21(19)30)16-11-18-22(26-12-16)28-23(15-2-3-15)29(18)13-14-4-7-25-20(24)10-14/h4-12,15H,2-3,13H2,1H3. The molecule has 0 bridgehead atoms. The molecule has 0 atom stereocenters. The van der Waals surface area contributed by atoms with Gasteiger partial charge in [-0.05, 0) is 42.7 Å². The summed E-state index contributed by atoms with van der Waals surface area (Å²) in [6, 6.07) is 9.26. The van der Waals surface area contributed by atoms with Gasteiger partial charge in [0.2, 0.25) is 5.95 Å². The molecule has 1 saturated carbocycles. The summed E-state index contributed by atoms with van der Waals surface area (Å²) in [7, 11) is 1.65. The van der Waals surface area contributed by atoms with Crippen molar-refractivity contribution in [3.63, 3.8) is 0 Å². The van der Waals surface area contributed by atoms with E-state index in [9.17, 15) is 4.39 Å². The molecule has 0 aliphatic heterocycles. The molecule has 0 radical (unpaired) electrons. The van der Waals surface area contributed by atoms with Gasteiger partial charge in [0.25, 0.3) is 0 Å². The number of nitrogens with zero attached hydrogens (tertiary/aromatic N) is 6. The number of halogens is 1. The summed E-state index contributed by atoms with van der Waals surface area (Å²) in [5.74, 6) is 1.71. The van der Waals surface area contributed by atoms with Crippen molar-refractivity contribution in [3.8, 4) is 16.9 Å². The van der Waals surface area contributed by atoms with Crippen LogP contribution in [0, 0.1) is 5.95 Å². The average molecular weight is 414 g/mol. The number of pyridine rings is 2. The van der Waals surface area contributed by atoms with Gasteiger partial charge in [-0.2, -0.15) is 9.49 Å². The summed E-state index contributed by atoms with van der Waals surface area (Å²) in [5, 5.41) is 4.37. The second-order valence-corrected chi connectivity index (χ2v) is 7.81. The minimum Gasteiger partial charge on any atom is -0.494 e. The third kappa shape index (κ3) is 3.02. The fourth-order valence-corrected chi connectivity index (χ4v) is 4.13. The van der Waals surface area contributed by atoms with Gasteiger partial charge in [-0.1, -0.05) is 0 Å². The van der Waals surface area contributed by atoms with Crippen LogP contribution in [0.4, 0.5) is 4.39 Å². The molecule has 8 heteroatoms. The molecule has 0 amide bonds. The lowest BCUT2D eigenvalue weighted by atomic mass is 10.1. The fraction of sp³-hybridized carbons (Fsp3) is 0.217. The summed E-state index contributed by atoms with van der Waals surface area (Å²) < 4.78 is 23.2. The van der Waals surface area contributed by atoms with E-state index in [1.807, 2.05) is 30.6 Å². The number of rotatable bonds is 5. The molecule has 1 aliphatic rings. The van der Waals surface area contributed by atoms with E-state index < -0.39 is 5.95 Å². The van der Waals surface area contributed by atoms with Crippen molar-refractivity contribution in [1.82, 2.24) is 29.1 Å². The molecule has 0 aromatic carbocycles. The maximum atomic E-state index is 13.7. The van der Waals surface area contributed by atoms with Crippen molar-refractivity contribution in [2.75, 3.05) is 7.11 Å². The van der Waals surface area contributed by atoms with Crippen LogP contribution in [0.1, 0.15) is 30.1 Å². The van der Waals surface area contributed by atoms with Gasteiger partial charge in [-0.3, -0.25) is 0 Å². The van der Waals surface area contributed by atoms with E-state index >= 15 is 0 Å². The molecule has 1 fully saturated rings. The SMILES string of the molecule is COc1ccnn2ccc(-c3cnc4nc(C5CC5)n(Cc5ccnc(F)c5)c4c3)c12. The highest BCUT2D eigenvalue weighted by Gasteiger charge is 2.30. The van der Waals surface area contributed by atoms with Crippen LogP contribution in [0.3, 0.4) is 0 Å². The average Bonchev–Trinajstić information content (AvgIpc) is 3.44. The first-order valence-electron chi connectivity index (χ1n) is 10.2. The molecular formula is C23H19FN6O. The van der Waals surface area contributed by atoms with Crippen LogP contribution in [-0.2, 0) is 6.54 Å². The monoisotopic (exact) mass is 414 g/mol. The van der Waals surface area contributed by atoms with Crippen LogP contribution in [0.5, 0.6) is 5.75 Å². The number of fused-ring (bicyclic) bond motifs is 2. The highest BCUT2D eigenvalue weighted by molar-refractivity contribution is 5.88. The van der Waals surface area contributed by atoms with E-state index in [4.69, 9.17) is 9.72 Å². The molecule has 0 N–H and O–H groups in total. The van der Waals surface area contributed by atoms with Gasteiger partial charge in [0.05, 0.1) is 18.8 Å². The van der Waals surface area contributed by atoms with Gasteiger partial charge in [0, 0.05) is 48.2 Å². The lowest BCUT2D eigenvalue weighted by molar-refractivity contribution is 0.417. The molecule has 7 nitrogen and oxygen atoms in total. The predicted octanol–water partition coefficient (Wildman–Crippen LogP) is 4.21. The van der Waals surface area contributed by atoms with E-state index in [2.05, 4.69) is 25.7 Å². The Morgan fingerprint density at radius 3 is 2.84 bits per heavy atom. The Balaban J connectivity index is 1.53. The van der Waals surface area contributed by atoms with Gasteiger partial charge < -0.3 is 9.30 Å². The molecule has 5 aromatic rings. The third-order valence-corrected chi connectivity index (χ3v) is 5.76. The smallest absolute Gasteiger partial charge is 0.213 e. The van der Waals surface area contributed by atoms with Crippen molar-refractivity contribution in [2.45, 2.75) is 25.3 Å². The molecule has 6 rings (SSSR count). The Kier molecular flexibility index (Phi) is 3.99. The maximum Gasteiger partial charge on any atom is 0.213 e. The van der Waals surface area contributed by atoms with E-state index in [0.717, 1.165) is 52.1 Å². The Labute approximate surface area is 177 Å². The van der Waals surface area contributed by atoms with Crippen molar-refractivity contribution >= 4 is 16.7 Å². The Morgan fingerprint density at radius 1 is 1.13 bits per heavy atom. The first-order chi connectivity index (χ1) is 15.2. The number of aromatic nitrogens is 6. The van der Waals surface area contributed by atoms with E-state index in [0.29, 0.717) is 18.1 Å². The topological polar surface area (TPSA) is 70.1 Å². The minimum atomic E-state index is -0.478. The van der Waals surface area contributed by atoms with Gasteiger partial charge in [-0.25, -0.2) is 19.5 Å². The van der Waals surface area contributed by atoms with Gasteiger partial charge >= 0.3 is 0 Å². The Morgan fingerprint density at radius 2 is 2.03 bits per heavy atom. The number of imidazole rings is 1. The van der Waals surface area contributed by atoms with Crippen molar-refractivity contribution in [1.29, 1.82) is 0 Å². The number of hydrogen-bond acceptors (Lipinski definition) is 5. The summed E-state index contributed by atoms with van der Waals surface area (Å²) in [6.07, 6.45) is 9.19. The van der Waals surface area contributed by atoms with Crippen LogP contribution in [-0.4, -0.2) is 36.2 Å². The van der Waals surface area contributed by atoms with Crippen molar-refractivity contribution in [3.05, 3.63) is 72.5 Å². The first kappa shape index (κ1) is 18.0. The number of ether oxygens (including phenoxy) is 1. The summed E-state index contributed by atoms with van der Waals surface area (Å²) >= 11 is 0. The normalized spacial score (nSPS) is 13.9. The molecule has 154 valence electrons. The maximum absolute atomic E-state index is 13.7. The highest BCUT2D eigenvalue weighted by Crippen LogP contribution is 2.41. The van der Waals surface area contributed by atoms with Crippen molar-refractivity contribution < 1.29 is 9.13 Å². The Bertz CT molecular complexity index is 1440. The molecule has 0 saturated heterocycles. The summed E-state index contributed by atoms with van der Waals surface area (Å²) in [6.45, 7) is 0.522. The molecule has 1 aliphatic carbocycles. The lowest BCUT2D eigenvalue weighted by Crippen LogP contribution is -2.05. The fourth-order valence-electron chi connectivity index (χ4n) is 4.13. The molecule has 0 unspecified atom stereocenters. The molecule has 5 heterocycles. The largest absolute Gasteiger partial charge is 0.494 e. The molecule has 0 spiro atoms. The zero-order chi connectivity index (χ0) is 20.9. The third-order valence-electron chi connectivity index (χ3n) is 5.76. The second-order valence-electron chi connectivity index (χ2n) is 7.81. The quantitative estimate of drug-likeness (QED) is 0.403. The zero-order valence-electron chi connectivity index (χ0n) is 16.9. The molecule has 5 aromatic heterocycles. The number of methoxy groups -OCH3 is 1. The molecular weight excluding hydrogens is 395 g/mol. The van der Waals surface area contributed by atoms with Crippen LogP contribution in [0.15, 0.2) is 55.1 Å². The van der Waals surface area contributed by atoms with Crippen LogP contribution < -0.4 is 4.74 Å². The van der Waals surface area contributed by atoms with Gasteiger partial charge in [0.1, 0.15) is 17.1 Å². The van der Waals surface area contributed by atoms with E-state index in [1.165, 1.54) is 12.3 Å². The predicted molar refractivity (Wildman–Crippen MR) is 114 cm³/mol. The van der Waals surface area contributed by atoms with E-state index in [-0.39, 0.29) is 0 Å². The molecule has 31 heavy (non-hydrogen) atoms. The lowest BCUT2D eigenvalue weighted by Gasteiger charge is -2.10. The van der Waals surface area contributed by atoms with Gasteiger partial charge in [-0.15, -0.1) is 0 Å². The van der Waals surface area contributed by atoms with Crippen molar-refractivity contribution in [2.24, 2.45) is 0 Å². The highest BCUT2D eigenvalue weighted by atomic mass is 19.1. The first-order valence-corrected chi connectivity index (χ1v) is 10.2. The van der Waals surface area contributed by atoms with E-state index in [1.54, 1.807) is 17.8 Å². The summed E-state index contributed by atoms with van der Waals surface area (Å²) in [5.41, 5.74) is 5.29. The van der Waals surface area contributed by atoms with Crippen LogP contribution >= 0.6 is 0 Å².